The fourth-order valence-corrected chi connectivity index (χ4v) is 3.36. The highest BCUT2D eigenvalue weighted by atomic mass is 16.5. The predicted octanol–water partition coefficient (Wildman–Crippen LogP) is 4.61. The molecule has 5 rings (SSSR count). The second-order valence-corrected chi connectivity index (χ2v) is 7.06. The molecule has 2 aromatic carbocycles. The van der Waals surface area contributed by atoms with Gasteiger partial charge in [-0.3, -0.25) is 0 Å². The standard InChI is InChI=1S/C24H18N6O2/c1-32-24(31)21-13-20-22(14-25-21)29-23(28-20)16-4-2-5-18(12-16)27-17-9-7-15(8-10-17)19-6-3-11-26-30-19/h2-14,27H,1H3,(H,28,29). The zero-order valence-electron chi connectivity index (χ0n) is 17.1. The van der Waals surface area contributed by atoms with Crippen LogP contribution in [-0.4, -0.2) is 38.2 Å². The van der Waals surface area contributed by atoms with E-state index in [0.29, 0.717) is 16.9 Å². The van der Waals surface area contributed by atoms with E-state index in [4.69, 9.17) is 4.74 Å². The third-order valence-corrected chi connectivity index (χ3v) is 4.94. The Bertz CT molecular complexity index is 1400. The fraction of sp³-hybridized carbons (Fsp3) is 0.0417. The van der Waals surface area contributed by atoms with Crippen molar-refractivity contribution < 1.29 is 9.53 Å². The number of hydrogen-bond acceptors (Lipinski definition) is 7. The fourth-order valence-electron chi connectivity index (χ4n) is 3.36. The van der Waals surface area contributed by atoms with Gasteiger partial charge in [-0.25, -0.2) is 14.8 Å². The Balaban J connectivity index is 1.38. The minimum absolute atomic E-state index is 0.232. The lowest BCUT2D eigenvalue weighted by molar-refractivity contribution is 0.0594. The number of pyridine rings is 1. The van der Waals surface area contributed by atoms with Gasteiger partial charge < -0.3 is 15.0 Å². The maximum atomic E-state index is 11.7. The van der Waals surface area contributed by atoms with Gasteiger partial charge in [0.2, 0.25) is 0 Å². The molecule has 5 aromatic rings. The summed E-state index contributed by atoms with van der Waals surface area (Å²) in [6, 6.07) is 21.3. The first-order valence-electron chi connectivity index (χ1n) is 9.89. The normalized spacial score (nSPS) is 10.8. The Morgan fingerprint density at radius 2 is 1.84 bits per heavy atom. The van der Waals surface area contributed by atoms with Crippen LogP contribution in [0.4, 0.5) is 11.4 Å². The van der Waals surface area contributed by atoms with Gasteiger partial charge in [0.15, 0.2) is 5.69 Å². The van der Waals surface area contributed by atoms with Crippen LogP contribution in [0.1, 0.15) is 10.5 Å². The molecular formula is C24H18N6O2. The lowest BCUT2D eigenvalue weighted by Crippen LogP contribution is -2.03. The zero-order valence-corrected chi connectivity index (χ0v) is 17.1. The SMILES string of the molecule is COC(=O)c1cc2[nH]c(-c3cccc(Nc4ccc(-c5cccnn5)cc4)c3)nc2cn1. The molecule has 32 heavy (non-hydrogen) atoms. The first kappa shape index (κ1) is 19.4. The number of aromatic amines is 1. The third kappa shape index (κ3) is 3.89. The molecule has 0 aliphatic heterocycles. The molecule has 0 radical (unpaired) electrons. The summed E-state index contributed by atoms with van der Waals surface area (Å²) in [5, 5.41) is 11.5. The third-order valence-electron chi connectivity index (χ3n) is 4.94. The molecule has 0 fully saturated rings. The summed E-state index contributed by atoms with van der Waals surface area (Å²) in [5.74, 6) is 0.199. The van der Waals surface area contributed by atoms with Crippen molar-refractivity contribution in [2.45, 2.75) is 0 Å². The summed E-state index contributed by atoms with van der Waals surface area (Å²) in [5.41, 5.74) is 6.22. The average Bonchev–Trinajstić information content (AvgIpc) is 3.28. The van der Waals surface area contributed by atoms with Gasteiger partial charge in [-0.1, -0.05) is 24.3 Å². The topological polar surface area (TPSA) is 106 Å². The lowest BCUT2D eigenvalue weighted by atomic mass is 10.1. The van der Waals surface area contributed by atoms with Crippen LogP contribution in [-0.2, 0) is 4.74 Å². The molecule has 8 nitrogen and oxygen atoms in total. The van der Waals surface area contributed by atoms with Crippen LogP contribution in [0.5, 0.6) is 0 Å². The molecule has 156 valence electrons. The largest absolute Gasteiger partial charge is 0.464 e. The molecule has 3 aromatic heterocycles. The molecule has 0 unspecified atom stereocenters. The van der Waals surface area contributed by atoms with E-state index >= 15 is 0 Å². The molecular weight excluding hydrogens is 404 g/mol. The molecule has 0 saturated heterocycles. The Hall–Kier alpha value is -4.59. The summed E-state index contributed by atoms with van der Waals surface area (Å²) >= 11 is 0. The van der Waals surface area contributed by atoms with E-state index in [1.54, 1.807) is 18.5 Å². The van der Waals surface area contributed by atoms with Gasteiger partial charge in [-0.2, -0.15) is 10.2 Å². The van der Waals surface area contributed by atoms with Crippen molar-refractivity contribution in [3.8, 4) is 22.6 Å². The first-order valence-corrected chi connectivity index (χ1v) is 9.89. The summed E-state index contributed by atoms with van der Waals surface area (Å²) in [6.45, 7) is 0. The van der Waals surface area contributed by atoms with Gasteiger partial charge in [0.25, 0.3) is 0 Å². The van der Waals surface area contributed by atoms with E-state index in [2.05, 4.69) is 30.5 Å². The van der Waals surface area contributed by atoms with Crippen molar-refractivity contribution >= 4 is 28.4 Å². The number of anilines is 2. The number of ether oxygens (including phenoxy) is 1. The maximum absolute atomic E-state index is 11.7. The van der Waals surface area contributed by atoms with Crippen molar-refractivity contribution in [3.05, 3.63) is 84.8 Å². The van der Waals surface area contributed by atoms with Crippen molar-refractivity contribution in [1.82, 2.24) is 25.1 Å². The van der Waals surface area contributed by atoms with Gasteiger partial charge in [-0.05, 0) is 42.5 Å². The number of esters is 1. The first-order chi connectivity index (χ1) is 15.7. The van der Waals surface area contributed by atoms with E-state index in [9.17, 15) is 4.79 Å². The molecule has 0 aliphatic rings. The number of benzene rings is 2. The van der Waals surface area contributed by atoms with Crippen molar-refractivity contribution in [2.24, 2.45) is 0 Å². The second kappa shape index (κ2) is 8.27. The molecule has 2 N–H and O–H groups in total. The minimum Gasteiger partial charge on any atom is -0.464 e. The Kier molecular flexibility index (Phi) is 5.01. The summed E-state index contributed by atoms with van der Waals surface area (Å²) in [7, 11) is 1.33. The number of carbonyl (C=O) groups is 1. The van der Waals surface area contributed by atoms with Gasteiger partial charge in [0, 0.05) is 28.7 Å². The van der Waals surface area contributed by atoms with Crippen LogP contribution in [0.25, 0.3) is 33.7 Å². The number of carbonyl (C=O) groups excluding carboxylic acids is 1. The van der Waals surface area contributed by atoms with Crippen LogP contribution < -0.4 is 5.32 Å². The van der Waals surface area contributed by atoms with Crippen LogP contribution in [0.2, 0.25) is 0 Å². The number of nitrogens with zero attached hydrogens (tertiary/aromatic N) is 4. The van der Waals surface area contributed by atoms with Crippen LogP contribution >= 0.6 is 0 Å². The lowest BCUT2D eigenvalue weighted by Gasteiger charge is -2.08. The Morgan fingerprint density at radius 3 is 2.62 bits per heavy atom. The number of H-pyrrole nitrogens is 1. The molecule has 0 atom stereocenters. The molecule has 0 spiro atoms. The predicted molar refractivity (Wildman–Crippen MR) is 121 cm³/mol. The number of fused-ring (bicyclic) bond motifs is 1. The van der Waals surface area contributed by atoms with Gasteiger partial charge >= 0.3 is 5.97 Å². The van der Waals surface area contributed by atoms with Crippen LogP contribution in [0.3, 0.4) is 0 Å². The molecule has 8 heteroatoms. The van der Waals surface area contributed by atoms with Gasteiger partial charge in [0.1, 0.15) is 11.3 Å². The second-order valence-electron chi connectivity index (χ2n) is 7.06. The van der Waals surface area contributed by atoms with E-state index in [0.717, 1.165) is 28.2 Å². The molecule has 0 bridgehead atoms. The zero-order chi connectivity index (χ0) is 21.9. The number of aromatic nitrogens is 5. The quantitative estimate of drug-likeness (QED) is 0.398. The van der Waals surface area contributed by atoms with E-state index in [1.807, 2.05) is 60.7 Å². The summed E-state index contributed by atoms with van der Waals surface area (Å²) in [4.78, 5) is 23.7. The Morgan fingerprint density at radius 1 is 0.969 bits per heavy atom. The molecule has 0 aliphatic carbocycles. The van der Waals surface area contributed by atoms with Crippen molar-refractivity contribution in [1.29, 1.82) is 0 Å². The summed E-state index contributed by atoms with van der Waals surface area (Å²) in [6.07, 6.45) is 3.21. The summed E-state index contributed by atoms with van der Waals surface area (Å²) < 4.78 is 4.73. The van der Waals surface area contributed by atoms with Crippen LogP contribution in [0, 0.1) is 0 Å². The van der Waals surface area contributed by atoms with Crippen molar-refractivity contribution in [2.75, 3.05) is 12.4 Å². The highest BCUT2D eigenvalue weighted by molar-refractivity contribution is 5.91. The number of nitrogens with one attached hydrogen (secondary N) is 2. The van der Waals surface area contributed by atoms with Crippen LogP contribution in [0.15, 0.2) is 79.1 Å². The number of methoxy groups -OCH3 is 1. The highest BCUT2D eigenvalue weighted by Gasteiger charge is 2.12. The Labute approximate surface area is 183 Å². The highest BCUT2D eigenvalue weighted by Crippen LogP contribution is 2.26. The minimum atomic E-state index is -0.487. The smallest absolute Gasteiger partial charge is 0.356 e. The van der Waals surface area contributed by atoms with Gasteiger partial charge in [0.05, 0.1) is 24.5 Å². The van der Waals surface area contributed by atoms with Crippen molar-refractivity contribution in [3.63, 3.8) is 0 Å². The number of hydrogen-bond donors (Lipinski definition) is 2. The monoisotopic (exact) mass is 422 g/mol. The number of imidazole rings is 1. The molecule has 0 saturated carbocycles. The van der Waals surface area contributed by atoms with E-state index < -0.39 is 5.97 Å². The number of rotatable bonds is 5. The van der Waals surface area contributed by atoms with E-state index in [-0.39, 0.29) is 5.69 Å². The van der Waals surface area contributed by atoms with E-state index in [1.165, 1.54) is 7.11 Å². The van der Waals surface area contributed by atoms with Gasteiger partial charge in [-0.15, -0.1) is 0 Å². The maximum Gasteiger partial charge on any atom is 0.356 e. The molecule has 0 amide bonds. The molecule has 3 heterocycles. The average molecular weight is 422 g/mol.